The van der Waals surface area contributed by atoms with Gasteiger partial charge in [-0.3, -0.25) is 14.9 Å². The van der Waals surface area contributed by atoms with Crippen LogP contribution >= 0.6 is 0 Å². The zero-order valence-corrected chi connectivity index (χ0v) is 18.3. The number of nitro benzene ring substituents is 1. The molecule has 0 unspecified atom stereocenters. The van der Waals surface area contributed by atoms with Gasteiger partial charge in [-0.2, -0.15) is 4.31 Å². The van der Waals surface area contributed by atoms with Crippen molar-refractivity contribution in [3.05, 3.63) is 28.3 Å². The van der Waals surface area contributed by atoms with E-state index in [1.165, 1.54) is 16.4 Å². The third-order valence-corrected chi connectivity index (χ3v) is 7.09. The third-order valence-electron chi connectivity index (χ3n) is 5.04. The van der Waals surface area contributed by atoms with Crippen molar-refractivity contribution in [1.82, 2.24) is 9.21 Å². The van der Waals surface area contributed by atoms with Gasteiger partial charge in [0.05, 0.1) is 9.82 Å². The molecule has 0 aromatic heterocycles. The SMILES string of the molecule is CCN(CC)S(=O)(=O)c1ccc(N2CCN(C(=O)CC(C)C)CC2)c([N+](=O)[O-])c1. The summed E-state index contributed by atoms with van der Waals surface area (Å²) in [5.41, 5.74) is 0.143. The van der Waals surface area contributed by atoms with Gasteiger partial charge in [0, 0.05) is 51.8 Å². The number of piperazine rings is 1. The number of benzene rings is 1. The predicted octanol–water partition coefficient (Wildman–Crippen LogP) is 2.32. The summed E-state index contributed by atoms with van der Waals surface area (Å²) in [5, 5.41) is 11.7. The van der Waals surface area contributed by atoms with Crippen molar-refractivity contribution in [3.8, 4) is 0 Å². The molecule has 10 heteroatoms. The molecule has 0 atom stereocenters. The minimum atomic E-state index is -3.78. The lowest BCUT2D eigenvalue weighted by Crippen LogP contribution is -2.49. The Morgan fingerprint density at radius 1 is 1.17 bits per heavy atom. The van der Waals surface area contributed by atoms with E-state index < -0.39 is 14.9 Å². The molecule has 0 N–H and O–H groups in total. The minimum absolute atomic E-state index is 0.0811. The first kappa shape index (κ1) is 23.1. The van der Waals surface area contributed by atoms with Gasteiger partial charge in [-0.05, 0) is 18.1 Å². The first-order valence-electron chi connectivity index (χ1n) is 9.93. The lowest BCUT2D eigenvalue weighted by molar-refractivity contribution is -0.384. The summed E-state index contributed by atoms with van der Waals surface area (Å²) in [6.45, 7) is 9.93. The lowest BCUT2D eigenvalue weighted by atomic mass is 10.1. The Hall–Kier alpha value is -2.20. The fourth-order valence-electron chi connectivity index (χ4n) is 3.47. The minimum Gasteiger partial charge on any atom is -0.362 e. The maximum atomic E-state index is 12.7. The Balaban J connectivity index is 2.25. The van der Waals surface area contributed by atoms with Crippen LogP contribution in [0.1, 0.15) is 34.1 Å². The molecule has 0 bridgehead atoms. The second kappa shape index (κ2) is 9.53. The van der Waals surface area contributed by atoms with Crippen molar-refractivity contribution in [1.29, 1.82) is 0 Å². The molecule has 0 radical (unpaired) electrons. The van der Waals surface area contributed by atoms with Crippen molar-refractivity contribution in [2.75, 3.05) is 44.2 Å². The maximum Gasteiger partial charge on any atom is 0.293 e. The molecule has 0 spiro atoms. The van der Waals surface area contributed by atoms with Crippen LogP contribution in [-0.2, 0) is 14.8 Å². The van der Waals surface area contributed by atoms with E-state index in [2.05, 4.69) is 0 Å². The normalized spacial score (nSPS) is 15.2. The molecule has 0 aliphatic carbocycles. The Kier molecular flexibility index (Phi) is 7.59. The van der Waals surface area contributed by atoms with Crippen molar-refractivity contribution < 1.29 is 18.1 Å². The van der Waals surface area contributed by atoms with Crippen LogP contribution in [0.15, 0.2) is 23.1 Å². The maximum absolute atomic E-state index is 12.7. The molecule has 1 heterocycles. The van der Waals surface area contributed by atoms with Gasteiger partial charge in [-0.15, -0.1) is 0 Å². The molecule has 1 fully saturated rings. The van der Waals surface area contributed by atoms with Gasteiger partial charge in [-0.25, -0.2) is 8.42 Å². The number of nitrogens with zero attached hydrogens (tertiary/aromatic N) is 4. The number of carbonyl (C=O) groups is 1. The molecule has 1 aromatic carbocycles. The number of hydrogen-bond acceptors (Lipinski definition) is 6. The summed E-state index contributed by atoms with van der Waals surface area (Å²) >= 11 is 0. The highest BCUT2D eigenvalue weighted by molar-refractivity contribution is 7.89. The molecule has 1 aliphatic rings. The predicted molar refractivity (Wildman–Crippen MR) is 111 cm³/mol. The first-order valence-corrected chi connectivity index (χ1v) is 11.4. The van der Waals surface area contributed by atoms with Crippen LogP contribution in [0.25, 0.3) is 0 Å². The summed E-state index contributed by atoms with van der Waals surface area (Å²) in [5.74, 6) is 0.372. The molecular formula is C19H30N4O5S. The quantitative estimate of drug-likeness (QED) is 0.467. The summed E-state index contributed by atoms with van der Waals surface area (Å²) < 4.78 is 26.7. The van der Waals surface area contributed by atoms with Crippen LogP contribution in [0.3, 0.4) is 0 Å². The topological polar surface area (TPSA) is 104 Å². The average molecular weight is 427 g/mol. The van der Waals surface area contributed by atoms with Gasteiger partial charge in [-0.1, -0.05) is 27.7 Å². The van der Waals surface area contributed by atoms with Crippen LogP contribution in [0.4, 0.5) is 11.4 Å². The number of sulfonamides is 1. The van der Waals surface area contributed by atoms with E-state index in [0.717, 1.165) is 6.07 Å². The fourth-order valence-corrected chi connectivity index (χ4v) is 4.94. The van der Waals surface area contributed by atoms with Crippen LogP contribution in [0.2, 0.25) is 0 Å². The zero-order valence-electron chi connectivity index (χ0n) is 17.5. The lowest BCUT2D eigenvalue weighted by Gasteiger charge is -2.36. The molecular weight excluding hydrogens is 396 g/mol. The van der Waals surface area contributed by atoms with Gasteiger partial charge in [0.2, 0.25) is 15.9 Å². The van der Waals surface area contributed by atoms with Gasteiger partial charge in [0.1, 0.15) is 5.69 Å². The standard InChI is InChI=1S/C19H30N4O5S/c1-5-22(6-2)29(27,28)16-7-8-17(18(14-16)23(25)26)20-9-11-21(12-10-20)19(24)13-15(3)4/h7-8,14-15H,5-6,9-13H2,1-4H3. The molecule has 1 amide bonds. The van der Waals surface area contributed by atoms with Crippen molar-refractivity contribution >= 4 is 27.3 Å². The second-order valence-electron chi connectivity index (χ2n) is 7.46. The van der Waals surface area contributed by atoms with E-state index >= 15 is 0 Å². The summed E-state index contributed by atoms with van der Waals surface area (Å²) in [4.78, 5) is 26.9. The Morgan fingerprint density at radius 3 is 2.24 bits per heavy atom. The largest absolute Gasteiger partial charge is 0.362 e. The molecule has 29 heavy (non-hydrogen) atoms. The van der Waals surface area contributed by atoms with Gasteiger partial charge < -0.3 is 9.80 Å². The summed E-state index contributed by atoms with van der Waals surface area (Å²) in [6, 6.07) is 4.06. The summed E-state index contributed by atoms with van der Waals surface area (Å²) in [7, 11) is -3.78. The number of hydrogen-bond donors (Lipinski definition) is 0. The van der Waals surface area contributed by atoms with Crippen LogP contribution in [0.5, 0.6) is 0 Å². The third kappa shape index (κ3) is 5.24. The Labute approximate surface area is 172 Å². The fraction of sp³-hybridized carbons (Fsp3) is 0.632. The highest BCUT2D eigenvalue weighted by atomic mass is 32.2. The van der Waals surface area contributed by atoms with Crippen LogP contribution in [-0.4, -0.2) is 67.7 Å². The van der Waals surface area contributed by atoms with E-state index in [4.69, 9.17) is 0 Å². The van der Waals surface area contributed by atoms with E-state index in [1.807, 2.05) is 18.7 Å². The molecule has 1 aliphatic heterocycles. The van der Waals surface area contributed by atoms with E-state index in [-0.39, 0.29) is 22.4 Å². The van der Waals surface area contributed by atoms with Crippen LogP contribution < -0.4 is 4.90 Å². The molecule has 0 saturated carbocycles. The number of anilines is 1. The molecule has 1 aromatic rings. The zero-order chi connectivity index (χ0) is 21.8. The monoisotopic (exact) mass is 426 g/mol. The Morgan fingerprint density at radius 2 is 1.76 bits per heavy atom. The molecule has 2 rings (SSSR count). The van der Waals surface area contributed by atoms with Crippen LogP contribution in [0, 0.1) is 16.0 Å². The first-order chi connectivity index (χ1) is 13.6. The molecule has 1 saturated heterocycles. The number of carbonyl (C=O) groups excluding carboxylic acids is 1. The summed E-state index contributed by atoms with van der Waals surface area (Å²) in [6.07, 6.45) is 0.484. The molecule has 162 valence electrons. The number of rotatable bonds is 8. The van der Waals surface area contributed by atoms with Gasteiger partial charge in [0.25, 0.3) is 5.69 Å². The van der Waals surface area contributed by atoms with E-state index in [1.54, 1.807) is 18.7 Å². The average Bonchev–Trinajstić information content (AvgIpc) is 2.67. The van der Waals surface area contributed by atoms with Crippen molar-refractivity contribution in [3.63, 3.8) is 0 Å². The molecule has 9 nitrogen and oxygen atoms in total. The van der Waals surface area contributed by atoms with E-state index in [9.17, 15) is 23.3 Å². The highest BCUT2D eigenvalue weighted by Gasteiger charge is 2.29. The Bertz CT molecular complexity index is 844. The van der Waals surface area contributed by atoms with E-state index in [0.29, 0.717) is 51.4 Å². The van der Waals surface area contributed by atoms with Gasteiger partial charge in [0.15, 0.2) is 0 Å². The number of amides is 1. The second-order valence-corrected chi connectivity index (χ2v) is 9.40. The number of nitro groups is 1. The van der Waals surface area contributed by atoms with Gasteiger partial charge >= 0.3 is 0 Å². The van der Waals surface area contributed by atoms with Crippen molar-refractivity contribution in [2.24, 2.45) is 5.92 Å². The smallest absolute Gasteiger partial charge is 0.293 e. The highest BCUT2D eigenvalue weighted by Crippen LogP contribution is 2.32. The van der Waals surface area contributed by atoms with Crippen molar-refractivity contribution in [2.45, 2.75) is 39.0 Å².